The quantitative estimate of drug-likeness (QED) is 0.0348. The highest BCUT2D eigenvalue weighted by Gasteiger charge is 2.41. The van der Waals surface area contributed by atoms with Crippen LogP contribution in [0.3, 0.4) is 0 Å². The van der Waals surface area contributed by atoms with Gasteiger partial charge in [-0.15, -0.1) is 0 Å². The number of nitriles is 1. The molecular weight excluding hydrogens is 1140 g/mol. The van der Waals surface area contributed by atoms with Gasteiger partial charge in [-0.25, -0.2) is 0 Å². The van der Waals surface area contributed by atoms with Crippen molar-refractivity contribution in [3.63, 3.8) is 0 Å². The van der Waals surface area contributed by atoms with Gasteiger partial charge in [-0.3, -0.25) is 9.59 Å². The monoisotopic (exact) mass is 1270 g/mol. The zero-order chi connectivity index (χ0) is 65.3. The summed E-state index contributed by atoms with van der Waals surface area (Å²) < 4.78 is 47.3. The average Bonchev–Trinajstić information content (AvgIpc) is 0.727. The van der Waals surface area contributed by atoms with Crippen LogP contribution in [0.1, 0.15) is 348 Å². The lowest BCUT2D eigenvalue weighted by atomic mass is 9.82. The maximum absolute atomic E-state index is 15.9. The van der Waals surface area contributed by atoms with E-state index in [2.05, 4.69) is 40.7 Å². The first kappa shape index (κ1) is 77.0. The second kappa shape index (κ2) is 49.8. The highest BCUT2D eigenvalue weighted by atomic mass is 16.5. The van der Waals surface area contributed by atoms with Crippen molar-refractivity contribution in [3.8, 4) is 57.4 Å². The third-order valence-electron chi connectivity index (χ3n) is 18.1. The Balaban J connectivity index is 1.49. The summed E-state index contributed by atoms with van der Waals surface area (Å²) in [5.41, 5.74) is 3.65. The molecule has 5 rings (SSSR count). The van der Waals surface area contributed by atoms with Crippen molar-refractivity contribution >= 4 is 11.6 Å². The van der Waals surface area contributed by atoms with E-state index in [1.165, 1.54) is 161 Å². The van der Waals surface area contributed by atoms with E-state index < -0.39 is 0 Å². The fourth-order valence-corrected chi connectivity index (χ4v) is 12.4. The molecule has 4 aromatic rings. The number of hydrogen-bond donors (Lipinski definition) is 0. The van der Waals surface area contributed by atoms with Crippen LogP contribution in [-0.2, 0) is 0 Å². The molecule has 0 bridgehead atoms. The molecule has 0 amide bonds. The molecule has 0 spiro atoms. The Morgan fingerprint density at radius 2 is 0.522 bits per heavy atom. The second-order valence-electron chi connectivity index (χ2n) is 26.2. The third kappa shape index (κ3) is 29.3. The standard InChI is InChI=1S/C82H125NO9/c1-6-11-16-21-26-31-36-42-58-87-73-64-71-75(81(91-62-46-40-35-30-25-20-15-10-5)79(73)89-60-44-38-33-28-23-18-13-8-3)77(84)72-65-74(88-59-43-37-32-27-22-17-12-7-2)80(90-61-45-39-34-29-24-19-14-9-4)82(76(72)78(71)85)92-63-48-41-47-57-86-70-55-53-69(54-56-70)68-51-49-67(66-83)50-52-68/h49-56,64-65H,6-48,57-63H2,1-5H3. The fourth-order valence-electron chi connectivity index (χ4n) is 12.4. The molecule has 0 aliphatic heterocycles. The predicted molar refractivity (Wildman–Crippen MR) is 382 cm³/mol. The number of benzene rings is 4. The lowest BCUT2D eigenvalue weighted by Crippen LogP contribution is -2.25. The number of carbonyl (C=O) groups is 2. The third-order valence-corrected chi connectivity index (χ3v) is 18.1. The van der Waals surface area contributed by atoms with Crippen molar-refractivity contribution in [1.82, 2.24) is 0 Å². The van der Waals surface area contributed by atoms with Gasteiger partial charge in [0.15, 0.2) is 34.6 Å². The molecule has 0 N–H and O–H groups in total. The topological polar surface area (TPSA) is 123 Å². The van der Waals surface area contributed by atoms with E-state index in [1.54, 1.807) is 12.1 Å². The van der Waals surface area contributed by atoms with Gasteiger partial charge in [0.05, 0.1) is 69.0 Å². The Kier molecular flexibility index (Phi) is 41.7. The molecule has 0 aromatic heterocycles. The highest BCUT2D eigenvalue weighted by molar-refractivity contribution is 6.31. The Bertz CT molecular complexity index is 2620. The summed E-state index contributed by atoms with van der Waals surface area (Å²) in [7, 11) is 0. The Morgan fingerprint density at radius 1 is 0.283 bits per heavy atom. The number of fused-ring (bicyclic) bond motifs is 2. The Hall–Kier alpha value is -5.69. The molecule has 0 heterocycles. The first-order chi connectivity index (χ1) is 45.4. The first-order valence-corrected chi connectivity index (χ1v) is 37.9. The maximum Gasteiger partial charge on any atom is 0.204 e. The van der Waals surface area contributed by atoms with Crippen LogP contribution in [0.5, 0.6) is 40.2 Å². The Labute approximate surface area is 559 Å². The fraction of sp³-hybridized carbons (Fsp3) is 0.671. The maximum atomic E-state index is 15.9. The summed E-state index contributed by atoms with van der Waals surface area (Å²) in [6.45, 7) is 14.3. The highest BCUT2D eigenvalue weighted by Crippen LogP contribution is 2.51. The minimum atomic E-state index is -0.321. The zero-order valence-corrected chi connectivity index (χ0v) is 58.8. The first-order valence-electron chi connectivity index (χ1n) is 37.9. The van der Waals surface area contributed by atoms with Gasteiger partial charge >= 0.3 is 0 Å². The molecule has 0 saturated carbocycles. The van der Waals surface area contributed by atoms with Gasteiger partial charge in [-0.05, 0) is 98.9 Å². The van der Waals surface area contributed by atoms with Crippen LogP contribution in [0.15, 0.2) is 60.7 Å². The van der Waals surface area contributed by atoms with Crippen LogP contribution in [0.2, 0.25) is 0 Å². The molecule has 0 fully saturated rings. The summed E-state index contributed by atoms with van der Waals surface area (Å²) in [6.07, 6.45) is 48.6. The molecular formula is C82H125NO9. The molecule has 0 radical (unpaired) electrons. The summed E-state index contributed by atoms with van der Waals surface area (Å²) in [4.78, 5) is 31.8. The van der Waals surface area contributed by atoms with Gasteiger partial charge in [-0.2, -0.15) is 5.26 Å². The molecule has 1 aliphatic carbocycles. The number of rotatable bonds is 59. The normalized spacial score (nSPS) is 11.8. The lowest BCUT2D eigenvalue weighted by Gasteiger charge is -2.27. The minimum absolute atomic E-state index is 0.205. The molecule has 0 saturated heterocycles. The van der Waals surface area contributed by atoms with E-state index in [0.29, 0.717) is 87.0 Å². The van der Waals surface area contributed by atoms with Crippen molar-refractivity contribution in [2.24, 2.45) is 0 Å². The van der Waals surface area contributed by atoms with E-state index in [9.17, 15) is 5.26 Å². The van der Waals surface area contributed by atoms with Crippen molar-refractivity contribution in [2.45, 2.75) is 311 Å². The molecule has 512 valence electrons. The summed E-state index contributed by atoms with van der Waals surface area (Å²) in [5.74, 6) is 2.44. The Morgan fingerprint density at radius 3 is 0.815 bits per heavy atom. The number of nitrogens with zero attached hydrogens (tertiary/aromatic N) is 1. The summed E-state index contributed by atoms with van der Waals surface area (Å²) in [6, 6.07) is 21.4. The number of ether oxygens (including phenoxy) is 7. The van der Waals surface area contributed by atoms with Crippen LogP contribution in [0.4, 0.5) is 0 Å². The van der Waals surface area contributed by atoms with Gasteiger partial charge in [0, 0.05) is 11.1 Å². The number of hydrogen-bond acceptors (Lipinski definition) is 10. The number of carbonyl (C=O) groups excluding carboxylic acids is 2. The van der Waals surface area contributed by atoms with Crippen LogP contribution in [-0.4, -0.2) is 57.8 Å². The molecule has 0 atom stereocenters. The average molecular weight is 1270 g/mol. The van der Waals surface area contributed by atoms with E-state index >= 15 is 9.59 Å². The van der Waals surface area contributed by atoms with Crippen LogP contribution in [0, 0.1) is 11.3 Å². The molecule has 0 unspecified atom stereocenters. The van der Waals surface area contributed by atoms with Crippen molar-refractivity contribution < 1.29 is 42.7 Å². The zero-order valence-electron chi connectivity index (χ0n) is 58.8. The van der Waals surface area contributed by atoms with Gasteiger partial charge in [0.25, 0.3) is 0 Å². The molecule has 10 heteroatoms. The summed E-state index contributed by atoms with van der Waals surface area (Å²) in [5, 5.41) is 9.25. The largest absolute Gasteiger partial charge is 0.494 e. The second-order valence-corrected chi connectivity index (χ2v) is 26.2. The smallest absolute Gasteiger partial charge is 0.204 e. The predicted octanol–water partition coefficient (Wildman–Crippen LogP) is 24.2. The lowest BCUT2D eigenvalue weighted by molar-refractivity contribution is 0.0968. The van der Waals surface area contributed by atoms with E-state index in [4.69, 9.17) is 33.2 Å². The van der Waals surface area contributed by atoms with Crippen molar-refractivity contribution in [3.05, 3.63) is 88.5 Å². The van der Waals surface area contributed by atoms with Crippen molar-refractivity contribution in [1.29, 1.82) is 5.26 Å². The van der Waals surface area contributed by atoms with E-state index in [-0.39, 0.29) is 39.6 Å². The number of unbranched alkanes of at least 4 members (excludes halogenated alkanes) is 37. The SMILES string of the molecule is CCCCCCCCCCOc1cc2c(c(OCCCCCCCCCC)c1OCCCCCCCCCC)C(=O)c1cc(OCCCCCCCCCC)c(OCCCCCCCCCC)c(OCCCCCOc3ccc(-c4ccc(C#N)cc4)cc3)c1C2=O. The van der Waals surface area contributed by atoms with Gasteiger partial charge in [0.1, 0.15) is 5.75 Å². The molecule has 92 heavy (non-hydrogen) atoms. The van der Waals surface area contributed by atoms with Crippen LogP contribution < -0.4 is 33.2 Å². The summed E-state index contributed by atoms with van der Waals surface area (Å²) >= 11 is 0. The van der Waals surface area contributed by atoms with Gasteiger partial charge in [0.2, 0.25) is 11.5 Å². The molecule has 10 nitrogen and oxygen atoms in total. The number of ketones is 2. The molecule has 1 aliphatic rings. The molecule has 4 aromatic carbocycles. The van der Waals surface area contributed by atoms with Crippen LogP contribution >= 0.6 is 0 Å². The van der Waals surface area contributed by atoms with Gasteiger partial charge < -0.3 is 33.2 Å². The van der Waals surface area contributed by atoms with Crippen LogP contribution in [0.25, 0.3) is 11.1 Å². The van der Waals surface area contributed by atoms with E-state index in [1.807, 2.05) is 48.5 Å². The minimum Gasteiger partial charge on any atom is -0.494 e. The van der Waals surface area contributed by atoms with Gasteiger partial charge in [-0.1, -0.05) is 284 Å². The van der Waals surface area contributed by atoms with E-state index in [0.717, 1.165) is 126 Å². The van der Waals surface area contributed by atoms with Crippen molar-refractivity contribution in [2.75, 3.05) is 46.2 Å².